The fourth-order valence-electron chi connectivity index (χ4n) is 1.88. The van der Waals surface area contributed by atoms with Gasteiger partial charge in [0.15, 0.2) is 0 Å². The average Bonchev–Trinajstić information content (AvgIpc) is 2.50. The van der Waals surface area contributed by atoms with Gasteiger partial charge in [-0.05, 0) is 24.5 Å². The Morgan fingerprint density at radius 2 is 2.36 bits per heavy atom. The van der Waals surface area contributed by atoms with Crippen molar-refractivity contribution >= 4 is 17.3 Å². The summed E-state index contributed by atoms with van der Waals surface area (Å²) in [7, 11) is 0. The zero-order valence-electron chi connectivity index (χ0n) is 7.42. The first kappa shape index (κ1) is 9.32. The van der Waals surface area contributed by atoms with Crippen LogP contribution in [0.5, 0.6) is 0 Å². The summed E-state index contributed by atoms with van der Waals surface area (Å²) in [5.41, 5.74) is 7.87. The first-order valence-corrected chi connectivity index (χ1v) is 4.72. The van der Waals surface area contributed by atoms with Crippen LogP contribution < -0.4 is 5.73 Å². The lowest BCUT2D eigenvalue weighted by Crippen LogP contribution is -2.00. The maximum atomic E-state index is 9.66. The van der Waals surface area contributed by atoms with Crippen molar-refractivity contribution in [3.63, 3.8) is 0 Å². The largest absolute Gasteiger partial charge is 0.396 e. The summed E-state index contributed by atoms with van der Waals surface area (Å²) in [6.45, 7) is 0. The predicted molar refractivity (Wildman–Crippen MR) is 53.9 cm³/mol. The SMILES string of the molecule is N#Cc1c(N)c(Cl)cc2c1C(O)CC2. The lowest BCUT2D eigenvalue weighted by molar-refractivity contribution is 0.180. The molecule has 0 aliphatic heterocycles. The first-order valence-electron chi connectivity index (χ1n) is 4.34. The van der Waals surface area contributed by atoms with E-state index in [0.29, 0.717) is 22.6 Å². The summed E-state index contributed by atoms with van der Waals surface area (Å²) >= 11 is 5.87. The second-order valence-corrected chi connectivity index (χ2v) is 3.79. The number of aliphatic hydroxyl groups excluding tert-OH is 1. The zero-order chi connectivity index (χ0) is 10.3. The number of halogens is 1. The Bertz CT molecular complexity index is 437. The molecular weight excluding hydrogens is 200 g/mol. The number of hydrogen-bond acceptors (Lipinski definition) is 3. The quantitative estimate of drug-likeness (QED) is 0.639. The number of aryl methyl sites for hydroxylation is 1. The van der Waals surface area contributed by atoms with E-state index in [-0.39, 0.29) is 5.69 Å². The molecule has 0 bridgehead atoms. The van der Waals surface area contributed by atoms with Crippen molar-refractivity contribution in [3.05, 3.63) is 27.8 Å². The van der Waals surface area contributed by atoms with Gasteiger partial charge in [-0.1, -0.05) is 11.6 Å². The summed E-state index contributed by atoms with van der Waals surface area (Å²) in [6, 6.07) is 3.74. The van der Waals surface area contributed by atoms with Crippen LogP contribution in [0.3, 0.4) is 0 Å². The number of rotatable bonds is 0. The Balaban J connectivity index is 2.75. The summed E-state index contributed by atoms with van der Waals surface area (Å²) in [4.78, 5) is 0. The first-order chi connectivity index (χ1) is 6.65. The lowest BCUT2D eigenvalue weighted by atomic mass is 10.0. The molecule has 3 N–H and O–H groups in total. The smallest absolute Gasteiger partial charge is 0.102 e. The molecule has 0 heterocycles. The van der Waals surface area contributed by atoms with Gasteiger partial charge in [0.05, 0.1) is 22.4 Å². The third-order valence-electron chi connectivity index (χ3n) is 2.58. The Morgan fingerprint density at radius 3 is 3.00 bits per heavy atom. The van der Waals surface area contributed by atoms with Crippen molar-refractivity contribution in [3.8, 4) is 6.07 Å². The molecule has 0 radical (unpaired) electrons. The number of fused-ring (bicyclic) bond motifs is 1. The Kier molecular flexibility index (Phi) is 2.10. The van der Waals surface area contributed by atoms with E-state index in [1.807, 2.05) is 6.07 Å². The standard InChI is InChI=1S/C10H9ClN2O/c11-7-3-5-1-2-8(14)9(5)6(4-12)10(7)13/h3,8,14H,1-2,13H2. The van der Waals surface area contributed by atoms with E-state index in [2.05, 4.69) is 0 Å². The zero-order valence-corrected chi connectivity index (χ0v) is 8.17. The number of nitrogens with two attached hydrogens (primary N) is 1. The van der Waals surface area contributed by atoms with Crippen molar-refractivity contribution in [2.45, 2.75) is 18.9 Å². The number of nitrogen functional groups attached to an aromatic ring is 1. The van der Waals surface area contributed by atoms with Gasteiger partial charge in [-0.15, -0.1) is 0 Å². The fourth-order valence-corrected chi connectivity index (χ4v) is 2.10. The molecule has 0 spiro atoms. The van der Waals surface area contributed by atoms with Gasteiger partial charge in [-0.3, -0.25) is 0 Å². The minimum absolute atomic E-state index is 0.272. The monoisotopic (exact) mass is 208 g/mol. The molecule has 1 aromatic carbocycles. The molecule has 0 saturated carbocycles. The molecule has 0 amide bonds. The van der Waals surface area contributed by atoms with Crippen LogP contribution >= 0.6 is 11.6 Å². The molecule has 1 atom stereocenters. The molecule has 2 rings (SSSR count). The number of benzene rings is 1. The van der Waals surface area contributed by atoms with Crippen molar-refractivity contribution < 1.29 is 5.11 Å². The lowest BCUT2D eigenvalue weighted by Gasteiger charge is -2.09. The summed E-state index contributed by atoms with van der Waals surface area (Å²) in [5, 5.41) is 19.0. The van der Waals surface area contributed by atoms with Gasteiger partial charge in [0, 0.05) is 5.56 Å². The molecule has 1 aliphatic carbocycles. The highest BCUT2D eigenvalue weighted by Gasteiger charge is 2.26. The molecular formula is C10H9ClN2O. The third kappa shape index (κ3) is 1.16. The maximum Gasteiger partial charge on any atom is 0.102 e. The van der Waals surface area contributed by atoms with Gasteiger partial charge < -0.3 is 10.8 Å². The molecule has 1 unspecified atom stereocenters. The fraction of sp³-hybridized carbons (Fsp3) is 0.300. The number of nitrogens with zero attached hydrogens (tertiary/aromatic N) is 1. The third-order valence-corrected chi connectivity index (χ3v) is 2.89. The van der Waals surface area contributed by atoms with Crippen LogP contribution in [-0.2, 0) is 6.42 Å². The molecule has 14 heavy (non-hydrogen) atoms. The van der Waals surface area contributed by atoms with Gasteiger partial charge >= 0.3 is 0 Å². The van der Waals surface area contributed by atoms with Gasteiger partial charge in [0.25, 0.3) is 0 Å². The summed E-state index contributed by atoms with van der Waals surface area (Å²) in [5.74, 6) is 0. The maximum absolute atomic E-state index is 9.66. The van der Waals surface area contributed by atoms with Gasteiger partial charge in [-0.25, -0.2) is 0 Å². The van der Waals surface area contributed by atoms with E-state index < -0.39 is 6.10 Å². The van der Waals surface area contributed by atoms with Gasteiger partial charge in [0.1, 0.15) is 6.07 Å². The van der Waals surface area contributed by atoms with E-state index >= 15 is 0 Å². The Hall–Kier alpha value is -1.24. The predicted octanol–water partition coefficient (Wildman–Crippen LogP) is 1.77. The van der Waals surface area contributed by atoms with E-state index in [0.717, 1.165) is 12.0 Å². The van der Waals surface area contributed by atoms with Crippen LogP contribution in [0.25, 0.3) is 0 Å². The second-order valence-electron chi connectivity index (χ2n) is 3.39. The molecule has 0 fully saturated rings. The summed E-state index contributed by atoms with van der Waals surface area (Å²) in [6.07, 6.45) is 0.828. The molecule has 1 aliphatic rings. The van der Waals surface area contributed by atoms with Crippen molar-refractivity contribution in [2.75, 3.05) is 5.73 Å². The molecule has 1 aromatic rings. The van der Waals surface area contributed by atoms with Gasteiger partial charge in [0.2, 0.25) is 0 Å². The topological polar surface area (TPSA) is 70.0 Å². The van der Waals surface area contributed by atoms with Crippen molar-refractivity contribution in [1.29, 1.82) is 5.26 Å². The van der Waals surface area contributed by atoms with E-state index in [1.54, 1.807) is 6.07 Å². The van der Waals surface area contributed by atoms with Gasteiger partial charge in [-0.2, -0.15) is 5.26 Å². The number of aliphatic hydroxyl groups is 1. The van der Waals surface area contributed by atoms with Crippen LogP contribution in [0, 0.1) is 11.3 Å². The van der Waals surface area contributed by atoms with E-state index in [4.69, 9.17) is 22.6 Å². The number of hydrogen-bond donors (Lipinski definition) is 2. The van der Waals surface area contributed by atoms with Crippen LogP contribution in [-0.4, -0.2) is 5.11 Å². The highest BCUT2D eigenvalue weighted by atomic mass is 35.5. The van der Waals surface area contributed by atoms with Crippen LogP contribution in [0.1, 0.15) is 29.2 Å². The Morgan fingerprint density at radius 1 is 1.64 bits per heavy atom. The Labute approximate surface area is 86.7 Å². The normalized spacial score (nSPS) is 19.1. The highest BCUT2D eigenvalue weighted by molar-refractivity contribution is 6.33. The van der Waals surface area contributed by atoms with Crippen LogP contribution in [0.15, 0.2) is 6.07 Å². The van der Waals surface area contributed by atoms with Crippen molar-refractivity contribution in [2.24, 2.45) is 0 Å². The van der Waals surface area contributed by atoms with E-state index in [9.17, 15) is 5.11 Å². The molecule has 72 valence electrons. The van der Waals surface area contributed by atoms with Crippen molar-refractivity contribution in [1.82, 2.24) is 0 Å². The number of nitriles is 1. The van der Waals surface area contributed by atoms with Crippen LogP contribution in [0.2, 0.25) is 5.02 Å². The molecule has 0 saturated heterocycles. The molecule has 0 aromatic heterocycles. The molecule has 4 heteroatoms. The summed E-state index contributed by atoms with van der Waals surface area (Å²) < 4.78 is 0. The minimum Gasteiger partial charge on any atom is -0.396 e. The van der Waals surface area contributed by atoms with Crippen LogP contribution in [0.4, 0.5) is 5.69 Å². The molecule has 3 nitrogen and oxygen atoms in total. The highest BCUT2D eigenvalue weighted by Crippen LogP contribution is 2.39. The van der Waals surface area contributed by atoms with E-state index in [1.165, 1.54) is 0 Å². The minimum atomic E-state index is -0.570. The average molecular weight is 209 g/mol. The number of anilines is 1. The second kappa shape index (κ2) is 3.16.